The van der Waals surface area contributed by atoms with E-state index in [1.165, 1.54) is 44.9 Å². The van der Waals surface area contributed by atoms with Gasteiger partial charge in [-0.15, -0.1) is 0 Å². The Labute approximate surface area is 70.4 Å². The molecule has 2 rings (SSSR count). The molecule has 0 aromatic carbocycles. The lowest BCUT2D eigenvalue weighted by Gasteiger charge is -2.41. The van der Waals surface area contributed by atoms with Crippen molar-refractivity contribution in [2.24, 2.45) is 11.8 Å². The quantitative estimate of drug-likeness (QED) is 0.537. The van der Waals surface area contributed by atoms with Crippen LogP contribution in [-0.4, -0.2) is 0 Å². The van der Waals surface area contributed by atoms with Crippen molar-refractivity contribution in [2.45, 2.75) is 51.9 Å². The van der Waals surface area contributed by atoms with Gasteiger partial charge in [-0.2, -0.15) is 0 Å². The summed E-state index contributed by atoms with van der Waals surface area (Å²) in [5, 5.41) is 0. The van der Waals surface area contributed by atoms with Gasteiger partial charge in [0, 0.05) is 0 Å². The minimum Gasteiger partial charge on any atom is -0.0648 e. The van der Waals surface area contributed by atoms with Gasteiger partial charge in [-0.3, -0.25) is 0 Å². The molecule has 2 saturated carbocycles. The minimum atomic E-state index is 1.05. The highest BCUT2D eigenvalue weighted by atomic mass is 14.4. The molecule has 0 nitrogen and oxygen atoms in total. The Morgan fingerprint density at radius 1 is 1.00 bits per heavy atom. The lowest BCUT2D eigenvalue weighted by Crippen LogP contribution is -2.29. The lowest BCUT2D eigenvalue weighted by molar-refractivity contribution is 0.216. The Kier molecular flexibility index (Phi) is 2.20. The number of hydrogen-bond acceptors (Lipinski definition) is 0. The molecule has 11 heavy (non-hydrogen) atoms. The summed E-state index contributed by atoms with van der Waals surface area (Å²) in [4.78, 5) is 0. The minimum absolute atomic E-state index is 1.05. The molecule has 1 radical (unpaired) electrons. The molecule has 0 N–H and O–H groups in total. The van der Waals surface area contributed by atoms with E-state index in [1.807, 2.05) is 5.92 Å². The van der Waals surface area contributed by atoms with E-state index in [-0.39, 0.29) is 0 Å². The van der Waals surface area contributed by atoms with E-state index < -0.39 is 0 Å². The summed E-state index contributed by atoms with van der Waals surface area (Å²) in [5.41, 5.74) is 0. The molecular weight excluding hydrogens is 132 g/mol. The molecule has 0 saturated heterocycles. The van der Waals surface area contributed by atoms with Gasteiger partial charge in [0.15, 0.2) is 0 Å². The van der Waals surface area contributed by atoms with Gasteiger partial charge in [-0.25, -0.2) is 0 Å². The largest absolute Gasteiger partial charge is 0.0648 e. The average molecular weight is 151 g/mol. The van der Waals surface area contributed by atoms with Crippen LogP contribution in [-0.2, 0) is 0 Å². The summed E-state index contributed by atoms with van der Waals surface area (Å²) >= 11 is 0. The summed E-state index contributed by atoms with van der Waals surface area (Å²) in [6.07, 6.45) is 10.5. The maximum Gasteiger partial charge on any atom is -0.0182 e. The average Bonchev–Trinajstić information content (AvgIpc) is 2.03. The van der Waals surface area contributed by atoms with E-state index in [0.29, 0.717) is 0 Å². The van der Waals surface area contributed by atoms with Gasteiger partial charge in [-0.1, -0.05) is 19.8 Å². The summed E-state index contributed by atoms with van der Waals surface area (Å²) < 4.78 is 0. The second kappa shape index (κ2) is 3.16. The van der Waals surface area contributed by atoms with Crippen LogP contribution < -0.4 is 0 Å². The van der Waals surface area contributed by atoms with Crippen LogP contribution in [0, 0.1) is 17.8 Å². The molecule has 63 valence electrons. The topological polar surface area (TPSA) is 0 Å². The predicted octanol–water partition coefficient (Wildman–Crippen LogP) is 3.57. The van der Waals surface area contributed by atoms with Crippen molar-refractivity contribution in [3.8, 4) is 0 Å². The van der Waals surface area contributed by atoms with Crippen LogP contribution in [0.2, 0.25) is 0 Å². The number of rotatable bonds is 1. The maximum absolute atomic E-state index is 2.35. The Morgan fingerprint density at radius 3 is 1.73 bits per heavy atom. The predicted molar refractivity (Wildman–Crippen MR) is 48.2 cm³/mol. The molecule has 2 fully saturated rings. The zero-order chi connectivity index (χ0) is 7.68. The van der Waals surface area contributed by atoms with Crippen LogP contribution in [0.15, 0.2) is 0 Å². The van der Waals surface area contributed by atoms with Crippen LogP contribution >= 0.6 is 0 Å². The smallest absolute Gasteiger partial charge is 0.0182 e. The fraction of sp³-hybridized carbons (Fsp3) is 0.909. The highest BCUT2D eigenvalue weighted by molar-refractivity contribution is 5.06. The second-order valence-corrected chi connectivity index (χ2v) is 4.18. The summed E-state index contributed by atoms with van der Waals surface area (Å²) in [7, 11) is 0. The summed E-state index contributed by atoms with van der Waals surface area (Å²) in [6, 6.07) is 0. The third kappa shape index (κ3) is 1.32. The molecule has 0 aromatic heterocycles. The Hall–Kier alpha value is 0. The fourth-order valence-electron chi connectivity index (χ4n) is 3.16. The van der Waals surface area contributed by atoms with E-state index >= 15 is 0 Å². The summed E-state index contributed by atoms with van der Waals surface area (Å²) in [5.74, 6) is 4.03. The molecule has 0 spiro atoms. The summed E-state index contributed by atoms with van der Waals surface area (Å²) in [6.45, 7) is 2.35. The molecule has 0 amide bonds. The van der Waals surface area contributed by atoms with Crippen molar-refractivity contribution in [1.82, 2.24) is 0 Å². The van der Waals surface area contributed by atoms with E-state index in [1.54, 1.807) is 0 Å². The monoisotopic (exact) mass is 151 g/mol. The highest BCUT2D eigenvalue weighted by Gasteiger charge is 2.34. The van der Waals surface area contributed by atoms with Crippen LogP contribution in [0.1, 0.15) is 51.9 Å². The molecule has 2 aliphatic rings. The van der Waals surface area contributed by atoms with Crippen molar-refractivity contribution < 1.29 is 0 Å². The van der Waals surface area contributed by atoms with Crippen LogP contribution in [0.25, 0.3) is 0 Å². The van der Waals surface area contributed by atoms with Crippen molar-refractivity contribution in [1.29, 1.82) is 0 Å². The standard InChI is InChI=1S/C11H19/c1-2-11-9-5-3-6-10(11)8-4-7-9/h9-10H,2-8H2,1H3. The zero-order valence-corrected chi connectivity index (χ0v) is 7.60. The molecule has 2 bridgehead atoms. The molecule has 0 heterocycles. The molecule has 0 atom stereocenters. The first-order valence-electron chi connectivity index (χ1n) is 5.27. The first kappa shape index (κ1) is 7.64. The first-order valence-corrected chi connectivity index (χ1v) is 5.27. The molecule has 0 aromatic rings. The van der Waals surface area contributed by atoms with E-state index in [9.17, 15) is 0 Å². The van der Waals surface area contributed by atoms with Crippen molar-refractivity contribution in [3.05, 3.63) is 5.92 Å². The van der Waals surface area contributed by atoms with Gasteiger partial charge in [0.1, 0.15) is 0 Å². The van der Waals surface area contributed by atoms with Crippen molar-refractivity contribution in [2.75, 3.05) is 0 Å². The molecule has 0 heteroatoms. The third-order valence-corrected chi connectivity index (χ3v) is 3.67. The van der Waals surface area contributed by atoms with Gasteiger partial charge in [0.05, 0.1) is 0 Å². The Morgan fingerprint density at radius 2 is 1.45 bits per heavy atom. The Balaban J connectivity index is 2.04. The van der Waals surface area contributed by atoms with Gasteiger partial charge in [-0.05, 0) is 49.9 Å². The van der Waals surface area contributed by atoms with Gasteiger partial charge in [0.25, 0.3) is 0 Å². The van der Waals surface area contributed by atoms with Crippen LogP contribution in [0.3, 0.4) is 0 Å². The van der Waals surface area contributed by atoms with Crippen molar-refractivity contribution >= 4 is 0 Å². The number of hydrogen-bond donors (Lipinski definition) is 0. The van der Waals surface area contributed by atoms with Gasteiger partial charge < -0.3 is 0 Å². The Bertz CT molecular complexity index is 106. The van der Waals surface area contributed by atoms with Crippen LogP contribution in [0.5, 0.6) is 0 Å². The zero-order valence-electron chi connectivity index (χ0n) is 7.60. The SMILES string of the molecule is CC[C]1C2CCCC1CCC2. The van der Waals surface area contributed by atoms with E-state index in [4.69, 9.17) is 0 Å². The highest BCUT2D eigenvalue weighted by Crippen LogP contribution is 2.47. The molecular formula is C11H19. The number of fused-ring (bicyclic) bond motifs is 2. The first-order chi connectivity index (χ1) is 5.42. The maximum atomic E-state index is 2.35. The lowest BCUT2D eigenvalue weighted by atomic mass is 9.64. The molecule has 0 aliphatic heterocycles. The van der Waals surface area contributed by atoms with E-state index in [0.717, 1.165) is 11.8 Å². The third-order valence-electron chi connectivity index (χ3n) is 3.67. The van der Waals surface area contributed by atoms with Crippen LogP contribution in [0.4, 0.5) is 0 Å². The normalized spacial score (nSPS) is 39.0. The van der Waals surface area contributed by atoms with Crippen molar-refractivity contribution in [3.63, 3.8) is 0 Å². The van der Waals surface area contributed by atoms with E-state index in [2.05, 4.69) is 6.92 Å². The molecule has 0 unspecified atom stereocenters. The van der Waals surface area contributed by atoms with Gasteiger partial charge >= 0.3 is 0 Å². The fourth-order valence-corrected chi connectivity index (χ4v) is 3.16. The molecule has 2 aliphatic carbocycles. The second-order valence-electron chi connectivity index (χ2n) is 4.18. The van der Waals surface area contributed by atoms with Gasteiger partial charge in [0.2, 0.25) is 0 Å².